The van der Waals surface area contributed by atoms with Crippen LogP contribution in [0.1, 0.15) is 48.2 Å². The van der Waals surface area contributed by atoms with Gasteiger partial charge in [0.25, 0.3) is 0 Å². The van der Waals surface area contributed by atoms with Gasteiger partial charge in [0, 0.05) is 30.3 Å². The van der Waals surface area contributed by atoms with Crippen molar-refractivity contribution in [3.05, 3.63) is 59.2 Å². The molecule has 0 radical (unpaired) electrons. The van der Waals surface area contributed by atoms with Gasteiger partial charge >= 0.3 is 0 Å². The quantitative estimate of drug-likeness (QED) is 0.624. The second kappa shape index (κ2) is 8.37. The Bertz CT molecular complexity index is 750. The molecule has 3 rings (SSSR count). The topological polar surface area (TPSA) is 38.8 Å². The van der Waals surface area contributed by atoms with Gasteiger partial charge in [-0.1, -0.05) is 12.1 Å². The highest BCUT2D eigenvalue weighted by Crippen LogP contribution is 2.32. The summed E-state index contributed by atoms with van der Waals surface area (Å²) in [4.78, 5) is 14.3. The third-order valence-electron chi connectivity index (χ3n) is 4.75. The lowest BCUT2D eigenvalue weighted by atomic mass is 10.1. The lowest BCUT2D eigenvalue weighted by Crippen LogP contribution is -2.25. The maximum absolute atomic E-state index is 11.8. The predicted octanol–water partition coefficient (Wildman–Crippen LogP) is 4.46. The Kier molecular flexibility index (Phi) is 5.94. The SMILES string of the molecule is CCOc1ccc(C(C)=O)cc1CN(Cc1ccc(OC)cc1)C1CC1. The van der Waals surface area contributed by atoms with Crippen molar-refractivity contribution >= 4 is 5.78 Å². The number of benzene rings is 2. The summed E-state index contributed by atoms with van der Waals surface area (Å²) in [6.45, 7) is 5.88. The van der Waals surface area contributed by atoms with Crippen molar-refractivity contribution in [2.45, 2.75) is 45.8 Å². The third-order valence-corrected chi connectivity index (χ3v) is 4.75. The van der Waals surface area contributed by atoms with Crippen molar-refractivity contribution in [1.82, 2.24) is 4.90 Å². The van der Waals surface area contributed by atoms with Gasteiger partial charge in [0.1, 0.15) is 11.5 Å². The van der Waals surface area contributed by atoms with Crippen LogP contribution in [0.5, 0.6) is 11.5 Å². The van der Waals surface area contributed by atoms with Crippen molar-refractivity contribution in [1.29, 1.82) is 0 Å². The summed E-state index contributed by atoms with van der Waals surface area (Å²) in [6, 6.07) is 14.6. The van der Waals surface area contributed by atoms with E-state index >= 15 is 0 Å². The summed E-state index contributed by atoms with van der Waals surface area (Å²) in [7, 11) is 1.68. The molecular formula is C22H27NO3. The number of ether oxygens (including phenoxy) is 2. The lowest BCUT2D eigenvalue weighted by molar-refractivity contribution is 0.101. The molecule has 4 heteroatoms. The molecule has 1 aliphatic rings. The molecular weight excluding hydrogens is 326 g/mol. The number of hydrogen-bond acceptors (Lipinski definition) is 4. The Morgan fingerprint density at radius 3 is 2.42 bits per heavy atom. The molecule has 1 saturated carbocycles. The van der Waals surface area contributed by atoms with Crippen LogP contribution in [-0.2, 0) is 13.1 Å². The molecule has 26 heavy (non-hydrogen) atoms. The van der Waals surface area contributed by atoms with E-state index in [0.29, 0.717) is 12.6 Å². The van der Waals surface area contributed by atoms with Gasteiger partial charge in [-0.25, -0.2) is 0 Å². The van der Waals surface area contributed by atoms with E-state index in [2.05, 4.69) is 17.0 Å². The lowest BCUT2D eigenvalue weighted by Gasteiger charge is -2.24. The fourth-order valence-corrected chi connectivity index (χ4v) is 3.16. The zero-order valence-corrected chi connectivity index (χ0v) is 15.8. The number of ketones is 1. The van der Waals surface area contributed by atoms with Gasteiger partial charge in [0.15, 0.2) is 5.78 Å². The Morgan fingerprint density at radius 2 is 1.85 bits per heavy atom. The molecule has 0 heterocycles. The van der Waals surface area contributed by atoms with Gasteiger partial charge < -0.3 is 9.47 Å². The first-order valence-corrected chi connectivity index (χ1v) is 9.24. The largest absolute Gasteiger partial charge is 0.497 e. The van der Waals surface area contributed by atoms with Crippen LogP contribution in [0.15, 0.2) is 42.5 Å². The van der Waals surface area contributed by atoms with Crippen LogP contribution in [0.3, 0.4) is 0 Å². The van der Waals surface area contributed by atoms with Crippen LogP contribution >= 0.6 is 0 Å². The zero-order chi connectivity index (χ0) is 18.5. The van der Waals surface area contributed by atoms with Crippen LogP contribution < -0.4 is 9.47 Å². The molecule has 0 amide bonds. The molecule has 138 valence electrons. The summed E-state index contributed by atoms with van der Waals surface area (Å²) in [5, 5.41) is 0. The van der Waals surface area contributed by atoms with Crippen LogP contribution in [0.25, 0.3) is 0 Å². The molecule has 1 fully saturated rings. The van der Waals surface area contributed by atoms with Gasteiger partial charge in [-0.3, -0.25) is 9.69 Å². The van der Waals surface area contributed by atoms with E-state index in [0.717, 1.165) is 35.7 Å². The summed E-state index contributed by atoms with van der Waals surface area (Å²) >= 11 is 0. The maximum atomic E-state index is 11.8. The van der Waals surface area contributed by atoms with Crippen LogP contribution in [0.2, 0.25) is 0 Å². The smallest absolute Gasteiger partial charge is 0.159 e. The average Bonchev–Trinajstić information content (AvgIpc) is 3.48. The molecule has 2 aromatic rings. The van der Waals surface area contributed by atoms with Crippen LogP contribution in [-0.4, -0.2) is 30.4 Å². The second-order valence-electron chi connectivity index (χ2n) is 6.80. The van der Waals surface area contributed by atoms with E-state index < -0.39 is 0 Å². The van der Waals surface area contributed by atoms with Gasteiger partial charge in [0.2, 0.25) is 0 Å². The van der Waals surface area contributed by atoms with E-state index in [1.807, 2.05) is 37.3 Å². The van der Waals surface area contributed by atoms with Crippen molar-refractivity contribution < 1.29 is 14.3 Å². The van der Waals surface area contributed by atoms with Crippen molar-refractivity contribution in [3.63, 3.8) is 0 Å². The van der Waals surface area contributed by atoms with Crippen molar-refractivity contribution in [2.24, 2.45) is 0 Å². The maximum Gasteiger partial charge on any atom is 0.159 e. The zero-order valence-electron chi connectivity index (χ0n) is 15.8. The third kappa shape index (κ3) is 4.64. The number of carbonyl (C=O) groups excluding carboxylic acids is 1. The fraction of sp³-hybridized carbons (Fsp3) is 0.409. The molecule has 0 spiro atoms. The molecule has 0 aromatic heterocycles. The Morgan fingerprint density at radius 1 is 1.12 bits per heavy atom. The van der Waals surface area contributed by atoms with E-state index in [-0.39, 0.29) is 5.78 Å². The summed E-state index contributed by atoms with van der Waals surface area (Å²) in [5.74, 6) is 1.83. The summed E-state index contributed by atoms with van der Waals surface area (Å²) < 4.78 is 11.0. The van der Waals surface area contributed by atoms with Crippen LogP contribution in [0.4, 0.5) is 0 Å². The van der Waals surface area contributed by atoms with Crippen molar-refractivity contribution in [2.75, 3.05) is 13.7 Å². The Labute approximate surface area is 155 Å². The van der Waals surface area contributed by atoms with E-state index in [9.17, 15) is 4.79 Å². The molecule has 0 unspecified atom stereocenters. The fourth-order valence-electron chi connectivity index (χ4n) is 3.16. The molecule has 0 bridgehead atoms. The molecule has 4 nitrogen and oxygen atoms in total. The number of hydrogen-bond donors (Lipinski definition) is 0. The van der Waals surface area contributed by atoms with E-state index in [1.165, 1.54) is 18.4 Å². The van der Waals surface area contributed by atoms with Gasteiger partial charge in [-0.15, -0.1) is 0 Å². The van der Waals surface area contributed by atoms with E-state index in [1.54, 1.807) is 14.0 Å². The molecule has 0 N–H and O–H groups in total. The normalized spacial score (nSPS) is 13.7. The number of rotatable bonds is 9. The van der Waals surface area contributed by atoms with Gasteiger partial charge in [0.05, 0.1) is 13.7 Å². The summed E-state index contributed by atoms with van der Waals surface area (Å²) in [6.07, 6.45) is 2.46. The van der Waals surface area contributed by atoms with Crippen LogP contribution in [0, 0.1) is 0 Å². The predicted molar refractivity (Wildman–Crippen MR) is 103 cm³/mol. The highest BCUT2D eigenvalue weighted by atomic mass is 16.5. The van der Waals surface area contributed by atoms with Crippen molar-refractivity contribution in [3.8, 4) is 11.5 Å². The summed E-state index contributed by atoms with van der Waals surface area (Å²) in [5.41, 5.74) is 3.09. The standard InChI is InChI=1S/C22H27NO3/c1-4-26-22-12-7-18(16(2)24)13-19(22)15-23(20-8-9-20)14-17-5-10-21(25-3)11-6-17/h5-7,10-13,20H,4,8-9,14-15H2,1-3H3. The highest BCUT2D eigenvalue weighted by molar-refractivity contribution is 5.94. The van der Waals surface area contributed by atoms with Gasteiger partial charge in [-0.2, -0.15) is 0 Å². The monoisotopic (exact) mass is 353 g/mol. The molecule has 0 aliphatic heterocycles. The number of nitrogens with zero attached hydrogens (tertiary/aromatic N) is 1. The highest BCUT2D eigenvalue weighted by Gasteiger charge is 2.29. The molecule has 1 aliphatic carbocycles. The number of Topliss-reactive ketones (excluding diaryl/α,β-unsaturated/α-hetero) is 1. The van der Waals surface area contributed by atoms with Gasteiger partial charge in [-0.05, 0) is 62.6 Å². The first-order chi connectivity index (χ1) is 12.6. The van der Waals surface area contributed by atoms with E-state index in [4.69, 9.17) is 9.47 Å². The number of methoxy groups -OCH3 is 1. The average molecular weight is 353 g/mol. The molecule has 2 aromatic carbocycles. The molecule has 0 atom stereocenters. The first-order valence-electron chi connectivity index (χ1n) is 9.24. The second-order valence-corrected chi connectivity index (χ2v) is 6.80. The minimum absolute atomic E-state index is 0.0856. The molecule has 0 saturated heterocycles. The first kappa shape index (κ1) is 18.5. The minimum atomic E-state index is 0.0856. The Hall–Kier alpha value is -2.33. The minimum Gasteiger partial charge on any atom is -0.497 e. The number of carbonyl (C=O) groups is 1. The Balaban J connectivity index is 1.80.